The lowest BCUT2D eigenvalue weighted by Crippen LogP contribution is -2.05. The summed E-state index contributed by atoms with van der Waals surface area (Å²) in [6.07, 6.45) is -1.84. The van der Waals surface area contributed by atoms with E-state index in [1.54, 1.807) is 6.07 Å². The molecule has 0 aliphatic carbocycles. The molecule has 0 aromatic heterocycles. The van der Waals surface area contributed by atoms with Gasteiger partial charge in [-0.25, -0.2) is 0 Å². The van der Waals surface area contributed by atoms with Gasteiger partial charge in [0.1, 0.15) is 0 Å². The number of carbonyl (C=O) groups is 1. The van der Waals surface area contributed by atoms with Crippen molar-refractivity contribution in [3.8, 4) is 6.07 Å². The maximum absolute atomic E-state index is 12.3. The third kappa shape index (κ3) is 2.70. The minimum atomic E-state index is -4.46. The van der Waals surface area contributed by atoms with Crippen LogP contribution in [0.1, 0.15) is 21.5 Å². The van der Waals surface area contributed by atoms with Crippen LogP contribution in [0, 0.1) is 11.3 Å². The number of benzene rings is 1. The first-order chi connectivity index (χ1) is 7.49. The van der Waals surface area contributed by atoms with E-state index in [0.717, 1.165) is 24.3 Å². The van der Waals surface area contributed by atoms with E-state index in [1.807, 2.05) is 0 Å². The molecule has 0 heterocycles. The zero-order valence-corrected chi connectivity index (χ0v) is 7.95. The number of hydrogen-bond acceptors (Lipinski definition) is 2. The van der Waals surface area contributed by atoms with Gasteiger partial charge in [0.25, 0.3) is 0 Å². The standard InChI is InChI=1S/C11H6F3NO/c12-11(13,14)10-4-3-9(7-16)8(6-10)2-1-5-15/h1-4,6-7H. The molecule has 0 bridgehead atoms. The highest BCUT2D eigenvalue weighted by atomic mass is 19.4. The molecule has 2 nitrogen and oxygen atoms in total. The number of hydrogen-bond donors (Lipinski definition) is 0. The van der Waals surface area contributed by atoms with Gasteiger partial charge in [-0.05, 0) is 23.8 Å². The summed E-state index contributed by atoms with van der Waals surface area (Å²) in [6.45, 7) is 0. The van der Waals surface area contributed by atoms with Crippen LogP contribution in [0.4, 0.5) is 13.2 Å². The molecule has 1 aromatic carbocycles. The quantitative estimate of drug-likeness (QED) is 0.573. The van der Waals surface area contributed by atoms with Gasteiger partial charge >= 0.3 is 6.18 Å². The van der Waals surface area contributed by atoms with E-state index < -0.39 is 11.7 Å². The molecule has 82 valence electrons. The molecular formula is C11H6F3NO. The van der Waals surface area contributed by atoms with Crippen molar-refractivity contribution in [2.45, 2.75) is 6.18 Å². The van der Waals surface area contributed by atoms with Crippen molar-refractivity contribution in [3.63, 3.8) is 0 Å². The molecule has 1 aromatic rings. The summed E-state index contributed by atoms with van der Waals surface area (Å²) in [5.74, 6) is 0. The zero-order chi connectivity index (χ0) is 12.2. The summed E-state index contributed by atoms with van der Waals surface area (Å²) in [6, 6.07) is 4.38. The van der Waals surface area contributed by atoms with Crippen LogP contribution in [0.5, 0.6) is 0 Å². The summed E-state index contributed by atoms with van der Waals surface area (Å²) in [5.41, 5.74) is -0.665. The Hall–Kier alpha value is -2.09. The second kappa shape index (κ2) is 4.62. The fraction of sp³-hybridized carbons (Fsp3) is 0.0909. The lowest BCUT2D eigenvalue weighted by atomic mass is 10.0. The molecular weight excluding hydrogens is 219 g/mol. The molecule has 0 aliphatic heterocycles. The van der Waals surface area contributed by atoms with Crippen LogP contribution in [0.2, 0.25) is 0 Å². The highest BCUT2D eigenvalue weighted by molar-refractivity contribution is 5.82. The third-order valence-electron chi connectivity index (χ3n) is 1.88. The number of nitrogens with zero attached hydrogens (tertiary/aromatic N) is 1. The molecule has 0 spiro atoms. The minimum absolute atomic E-state index is 0.0753. The molecule has 0 fully saturated rings. The van der Waals surface area contributed by atoms with Crippen LogP contribution in [-0.4, -0.2) is 6.29 Å². The Bertz CT molecular complexity index is 469. The lowest BCUT2D eigenvalue weighted by Gasteiger charge is -2.08. The minimum Gasteiger partial charge on any atom is -0.298 e. The molecule has 0 aliphatic rings. The van der Waals surface area contributed by atoms with Crippen molar-refractivity contribution in [3.05, 3.63) is 41.0 Å². The van der Waals surface area contributed by atoms with Gasteiger partial charge in [0.05, 0.1) is 11.6 Å². The Morgan fingerprint density at radius 2 is 1.94 bits per heavy atom. The van der Waals surface area contributed by atoms with Gasteiger partial charge in [0.15, 0.2) is 6.29 Å². The monoisotopic (exact) mass is 225 g/mol. The van der Waals surface area contributed by atoms with E-state index in [4.69, 9.17) is 5.26 Å². The van der Waals surface area contributed by atoms with Crippen LogP contribution >= 0.6 is 0 Å². The van der Waals surface area contributed by atoms with Gasteiger partial charge in [-0.15, -0.1) is 0 Å². The maximum Gasteiger partial charge on any atom is 0.416 e. The Kier molecular flexibility index (Phi) is 3.46. The van der Waals surface area contributed by atoms with Crippen molar-refractivity contribution in [2.75, 3.05) is 0 Å². The van der Waals surface area contributed by atoms with Crippen molar-refractivity contribution >= 4 is 12.4 Å². The molecule has 0 N–H and O–H groups in total. The topological polar surface area (TPSA) is 40.9 Å². The average molecular weight is 225 g/mol. The normalized spacial score (nSPS) is 11.4. The third-order valence-corrected chi connectivity index (χ3v) is 1.88. The van der Waals surface area contributed by atoms with Crippen molar-refractivity contribution in [1.29, 1.82) is 5.26 Å². The maximum atomic E-state index is 12.3. The van der Waals surface area contributed by atoms with Crippen molar-refractivity contribution < 1.29 is 18.0 Å². The largest absolute Gasteiger partial charge is 0.416 e. The van der Waals surface area contributed by atoms with Gasteiger partial charge in [-0.3, -0.25) is 4.79 Å². The predicted octanol–water partition coefficient (Wildman–Crippen LogP) is 3.05. The van der Waals surface area contributed by atoms with Gasteiger partial charge < -0.3 is 0 Å². The smallest absolute Gasteiger partial charge is 0.298 e. The van der Waals surface area contributed by atoms with Crippen LogP contribution in [-0.2, 0) is 6.18 Å². The summed E-state index contributed by atoms with van der Waals surface area (Å²) in [5, 5.41) is 8.27. The van der Waals surface area contributed by atoms with E-state index in [2.05, 4.69) is 0 Å². The Labute approximate surface area is 89.6 Å². The van der Waals surface area contributed by atoms with E-state index >= 15 is 0 Å². The summed E-state index contributed by atoms with van der Waals surface area (Å²) in [7, 11) is 0. The Balaban J connectivity index is 3.28. The van der Waals surface area contributed by atoms with E-state index in [9.17, 15) is 18.0 Å². The average Bonchev–Trinajstić information content (AvgIpc) is 2.24. The first-order valence-electron chi connectivity index (χ1n) is 4.21. The number of aldehydes is 1. The second-order valence-electron chi connectivity index (χ2n) is 2.92. The van der Waals surface area contributed by atoms with Crippen molar-refractivity contribution in [1.82, 2.24) is 0 Å². The fourth-order valence-corrected chi connectivity index (χ4v) is 1.13. The molecule has 0 saturated carbocycles. The Morgan fingerprint density at radius 3 is 2.44 bits per heavy atom. The van der Waals surface area contributed by atoms with Crippen LogP contribution in [0.25, 0.3) is 6.08 Å². The van der Waals surface area contributed by atoms with E-state index in [0.29, 0.717) is 6.29 Å². The summed E-state index contributed by atoms with van der Waals surface area (Å²) >= 11 is 0. The zero-order valence-electron chi connectivity index (χ0n) is 7.95. The van der Waals surface area contributed by atoms with Gasteiger partial charge in [-0.1, -0.05) is 6.07 Å². The lowest BCUT2D eigenvalue weighted by molar-refractivity contribution is -0.137. The number of alkyl halides is 3. The summed E-state index contributed by atoms with van der Waals surface area (Å²) in [4.78, 5) is 10.6. The van der Waals surface area contributed by atoms with Crippen LogP contribution in [0.15, 0.2) is 24.3 Å². The number of nitriles is 1. The predicted molar refractivity (Wildman–Crippen MR) is 51.5 cm³/mol. The molecule has 0 amide bonds. The SMILES string of the molecule is N#CC=Cc1cc(C(F)(F)F)ccc1C=O. The van der Waals surface area contributed by atoms with Crippen molar-refractivity contribution in [2.24, 2.45) is 0 Å². The molecule has 0 saturated heterocycles. The number of carbonyl (C=O) groups excluding carboxylic acids is 1. The highest BCUT2D eigenvalue weighted by Crippen LogP contribution is 2.30. The molecule has 0 atom stereocenters. The molecule has 0 unspecified atom stereocenters. The molecule has 0 radical (unpaired) electrons. The second-order valence-corrected chi connectivity index (χ2v) is 2.92. The van der Waals surface area contributed by atoms with Gasteiger partial charge in [0.2, 0.25) is 0 Å². The Morgan fingerprint density at radius 1 is 1.25 bits per heavy atom. The van der Waals surface area contributed by atoms with Gasteiger partial charge in [-0.2, -0.15) is 18.4 Å². The first kappa shape index (κ1) is 12.0. The first-order valence-corrected chi connectivity index (χ1v) is 4.21. The van der Waals surface area contributed by atoms with Crippen LogP contribution in [0.3, 0.4) is 0 Å². The van der Waals surface area contributed by atoms with E-state index in [-0.39, 0.29) is 11.1 Å². The number of halogens is 3. The number of allylic oxidation sites excluding steroid dienone is 1. The number of rotatable bonds is 2. The van der Waals surface area contributed by atoms with E-state index in [1.165, 1.54) is 6.08 Å². The fourth-order valence-electron chi connectivity index (χ4n) is 1.13. The highest BCUT2D eigenvalue weighted by Gasteiger charge is 2.30. The van der Waals surface area contributed by atoms with Gasteiger partial charge in [0, 0.05) is 11.6 Å². The molecule has 5 heteroatoms. The van der Waals surface area contributed by atoms with Crippen LogP contribution < -0.4 is 0 Å². The summed E-state index contributed by atoms with van der Waals surface area (Å²) < 4.78 is 37.0. The molecule has 16 heavy (non-hydrogen) atoms. The molecule has 1 rings (SSSR count).